The number of carbonyl (C=O) groups excluding carboxylic acids is 1. The number of nitriles is 1. The van der Waals surface area contributed by atoms with Gasteiger partial charge in [0.05, 0.1) is 35.3 Å². The van der Waals surface area contributed by atoms with Crippen molar-refractivity contribution in [1.29, 1.82) is 5.26 Å². The fraction of sp³-hybridized carbons (Fsp3) is 0.562. The van der Waals surface area contributed by atoms with Crippen molar-refractivity contribution in [2.45, 2.75) is 89.3 Å². The van der Waals surface area contributed by atoms with E-state index in [4.69, 9.17) is 4.74 Å². The van der Waals surface area contributed by atoms with Gasteiger partial charge < -0.3 is 9.84 Å². The minimum Gasteiger partial charge on any atom is -0.384 e. The maximum absolute atomic E-state index is 13.2. The van der Waals surface area contributed by atoms with Crippen LogP contribution in [-0.4, -0.2) is 40.2 Å². The highest BCUT2D eigenvalue weighted by molar-refractivity contribution is 5.95. The standard InChI is InChI=1S/C32H40N4O3/c1-30(2,38)27-19-35-28(20-34-27)36-22-31(17-29(36)37)13-6-14-32(21-31,39-3)16-23-7-4-5-8-25-11-10-24(18-33)15-26(25)12-9-23/h4,7,10-11,15,19-20,23,38H,5-6,8-9,12-14,16-17,21-22H2,1-3H3/b7-4-/t23?,31-,32-/m0/s1. The Morgan fingerprint density at radius 2 is 2.05 bits per heavy atom. The molecular weight excluding hydrogens is 488 g/mol. The van der Waals surface area contributed by atoms with Gasteiger partial charge in [-0.15, -0.1) is 0 Å². The second kappa shape index (κ2) is 10.8. The molecule has 1 aliphatic heterocycles. The van der Waals surface area contributed by atoms with Gasteiger partial charge in [0.1, 0.15) is 5.60 Å². The molecule has 7 heteroatoms. The first kappa shape index (κ1) is 27.5. The van der Waals surface area contributed by atoms with Crippen LogP contribution in [0.3, 0.4) is 0 Å². The van der Waals surface area contributed by atoms with Crippen molar-refractivity contribution in [1.82, 2.24) is 9.97 Å². The summed E-state index contributed by atoms with van der Waals surface area (Å²) in [4.78, 5) is 23.9. The predicted molar refractivity (Wildman–Crippen MR) is 150 cm³/mol. The van der Waals surface area contributed by atoms with E-state index >= 15 is 0 Å². The Morgan fingerprint density at radius 1 is 1.21 bits per heavy atom. The quantitative estimate of drug-likeness (QED) is 0.522. The molecule has 206 valence electrons. The molecule has 39 heavy (non-hydrogen) atoms. The SMILES string of the molecule is CO[C@]1(CC2/C=C\CCc3ccc(C#N)cc3CC2)CCC[C@]2(CC(=O)N(c3cnc(C(C)(C)O)cn3)C2)C1. The molecule has 5 rings (SSSR count). The smallest absolute Gasteiger partial charge is 0.228 e. The number of hydrogen-bond donors (Lipinski definition) is 1. The summed E-state index contributed by atoms with van der Waals surface area (Å²) in [7, 11) is 1.84. The van der Waals surface area contributed by atoms with E-state index in [2.05, 4.69) is 40.3 Å². The third-order valence-electron chi connectivity index (χ3n) is 9.07. The third kappa shape index (κ3) is 5.92. The van der Waals surface area contributed by atoms with E-state index in [9.17, 15) is 15.2 Å². The normalized spacial score (nSPS) is 28.3. The van der Waals surface area contributed by atoms with Gasteiger partial charge in [-0.05, 0) is 106 Å². The molecule has 2 heterocycles. The number of carbonyl (C=O) groups is 1. The summed E-state index contributed by atoms with van der Waals surface area (Å²) in [6.07, 6.45) is 17.2. The molecule has 1 unspecified atom stereocenters. The molecule has 2 fully saturated rings. The predicted octanol–water partition coefficient (Wildman–Crippen LogP) is 5.40. The van der Waals surface area contributed by atoms with Gasteiger partial charge in [-0.2, -0.15) is 5.26 Å². The van der Waals surface area contributed by atoms with Crippen LogP contribution < -0.4 is 4.90 Å². The van der Waals surface area contributed by atoms with Crippen molar-refractivity contribution in [3.05, 3.63) is 65.1 Å². The molecule has 1 aromatic carbocycles. The first-order valence-corrected chi connectivity index (χ1v) is 14.2. The van der Waals surface area contributed by atoms with Gasteiger partial charge in [-0.1, -0.05) is 18.2 Å². The van der Waals surface area contributed by atoms with Crippen molar-refractivity contribution >= 4 is 11.7 Å². The third-order valence-corrected chi connectivity index (χ3v) is 9.07. The van der Waals surface area contributed by atoms with Crippen LogP contribution in [0.5, 0.6) is 0 Å². The number of rotatable bonds is 5. The zero-order valence-electron chi connectivity index (χ0n) is 23.4. The molecule has 1 saturated carbocycles. The van der Waals surface area contributed by atoms with E-state index in [1.807, 2.05) is 13.2 Å². The first-order chi connectivity index (χ1) is 18.6. The summed E-state index contributed by atoms with van der Waals surface area (Å²) < 4.78 is 6.34. The lowest BCUT2D eigenvalue weighted by Gasteiger charge is -2.46. The number of allylic oxidation sites excluding steroid dienone is 2. The van der Waals surface area contributed by atoms with Crippen molar-refractivity contribution in [3.8, 4) is 6.07 Å². The molecule has 3 atom stereocenters. The second-order valence-electron chi connectivity index (χ2n) is 12.5. The topological polar surface area (TPSA) is 99.3 Å². The van der Waals surface area contributed by atoms with Gasteiger partial charge in [0.2, 0.25) is 5.91 Å². The molecule has 1 N–H and O–H groups in total. The minimum absolute atomic E-state index is 0.0828. The number of methoxy groups -OCH3 is 1. The van der Waals surface area contributed by atoms with E-state index in [1.54, 1.807) is 31.1 Å². The average molecular weight is 529 g/mol. The van der Waals surface area contributed by atoms with Crippen LogP contribution in [0.1, 0.15) is 87.6 Å². The Hall–Kier alpha value is -3.08. The van der Waals surface area contributed by atoms with Crippen LogP contribution in [0, 0.1) is 22.7 Å². The number of ether oxygens (including phenoxy) is 1. The summed E-state index contributed by atoms with van der Waals surface area (Å²) in [6, 6.07) is 8.40. The van der Waals surface area contributed by atoms with Crippen LogP contribution in [0.2, 0.25) is 0 Å². The van der Waals surface area contributed by atoms with Gasteiger partial charge in [0.15, 0.2) is 5.82 Å². The second-order valence-corrected chi connectivity index (χ2v) is 12.5. The van der Waals surface area contributed by atoms with Crippen molar-refractivity contribution in [2.75, 3.05) is 18.6 Å². The van der Waals surface area contributed by atoms with Gasteiger partial charge in [-0.3, -0.25) is 14.7 Å². The number of benzene rings is 1. The fourth-order valence-corrected chi connectivity index (χ4v) is 7.03. The highest BCUT2D eigenvalue weighted by Crippen LogP contribution is 2.52. The fourth-order valence-electron chi connectivity index (χ4n) is 7.03. The Kier molecular flexibility index (Phi) is 7.63. The average Bonchev–Trinajstić information content (AvgIpc) is 3.27. The van der Waals surface area contributed by atoms with E-state index in [1.165, 1.54) is 11.1 Å². The highest BCUT2D eigenvalue weighted by Gasteiger charge is 2.52. The first-order valence-electron chi connectivity index (χ1n) is 14.2. The maximum atomic E-state index is 13.2. The number of aliphatic hydroxyl groups is 1. The number of nitrogens with zero attached hydrogens (tertiary/aromatic N) is 4. The molecule has 1 amide bonds. The van der Waals surface area contributed by atoms with E-state index in [0.717, 1.165) is 63.4 Å². The molecule has 2 aliphatic carbocycles. The summed E-state index contributed by atoms with van der Waals surface area (Å²) in [6.45, 7) is 3.97. The summed E-state index contributed by atoms with van der Waals surface area (Å²) in [5.74, 6) is 1.01. The number of aryl methyl sites for hydroxylation is 2. The molecular formula is C32H40N4O3. The summed E-state index contributed by atoms with van der Waals surface area (Å²) >= 11 is 0. The number of aromatic nitrogens is 2. The Balaban J connectivity index is 1.31. The minimum atomic E-state index is -1.08. The monoisotopic (exact) mass is 528 g/mol. The molecule has 0 bridgehead atoms. The van der Waals surface area contributed by atoms with Crippen LogP contribution in [0.4, 0.5) is 5.82 Å². The summed E-state index contributed by atoms with van der Waals surface area (Å²) in [5.41, 5.74) is 2.37. The number of anilines is 1. The maximum Gasteiger partial charge on any atom is 0.228 e. The van der Waals surface area contributed by atoms with Crippen LogP contribution in [0.25, 0.3) is 0 Å². The Morgan fingerprint density at radius 3 is 2.77 bits per heavy atom. The molecule has 3 aliphatic rings. The molecule has 1 saturated heterocycles. The van der Waals surface area contributed by atoms with Gasteiger partial charge in [0.25, 0.3) is 0 Å². The Labute approximate surface area is 231 Å². The zero-order valence-corrected chi connectivity index (χ0v) is 23.4. The van der Waals surface area contributed by atoms with Crippen LogP contribution in [0.15, 0.2) is 42.7 Å². The van der Waals surface area contributed by atoms with Gasteiger partial charge in [0, 0.05) is 20.1 Å². The Bertz CT molecular complexity index is 1280. The number of amides is 1. The van der Waals surface area contributed by atoms with E-state index in [-0.39, 0.29) is 16.9 Å². The van der Waals surface area contributed by atoms with Gasteiger partial charge in [-0.25, -0.2) is 4.98 Å². The number of hydrogen-bond acceptors (Lipinski definition) is 6. The molecule has 0 radical (unpaired) electrons. The van der Waals surface area contributed by atoms with Crippen molar-refractivity contribution in [2.24, 2.45) is 11.3 Å². The van der Waals surface area contributed by atoms with Crippen LogP contribution >= 0.6 is 0 Å². The number of fused-ring (bicyclic) bond motifs is 1. The van der Waals surface area contributed by atoms with Crippen molar-refractivity contribution in [3.63, 3.8) is 0 Å². The largest absolute Gasteiger partial charge is 0.384 e. The lowest BCUT2D eigenvalue weighted by atomic mass is 9.64. The van der Waals surface area contributed by atoms with E-state index < -0.39 is 5.60 Å². The lowest BCUT2D eigenvalue weighted by molar-refractivity contribution is -0.120. The molecule has 1 spiro atoms. The molecule has 7 nitrogen and oxygen atoms in total. The van der Waals surface area contributed by atoms with Crippen LogP contribution in [-0.2, 0) is 28.0 Å². The highest BCUT2D eigenvalue weighted by atomic mass is 16.5. The summed E-state index contributed by atoms with van der Waals surface area (Å²) in [5, 5.41) is 19.6. The molecule has 1 aromatic heterocycles. The lowest BCUT2D eigenvalue weighted by Crippen LogP contribution is -2.45. The van der Waals surface area contributed by atoms with Crippen molar-refractivity contribution < 1.29 is 14.6 Å². The molecule has 2 aromatic rings. The van der Waals surface area contributed by atoms with E-state index in [0.29, 0.717) is 30.4 Å². The van der Waals surface area contributed by atoms with Gasteiger partial charge >= 0.3 is 0 Å². The zero-order chi connectivity index (χ0) is 27.7.